The van der Waals surface area contributed by atoms with Crippen LogP contribution in [0.1, 0.15) is 76.2 Å². The molecule has 2 aromatic rings. The van der Waals surface area contributed by atoms with E-state index in [4.69, 9.17) is 14.3 Å². The van der Waals surface area contributed by atoms with Crippen molar-refractivity contribution in [1.82, 2.24) is 0 Å². The summed E-state index contributed by atoms with van der Waals surface area (Å²) in [5.41, 5.74) is 2.85. The maximum Gasteiger partial charge on any atom is 0.336 e. The Bertz CT molecular complexity index is 932. The molecule has 156 valence electrons. The lowest BCUT2D eigenvalue weighted by atomic mass is 9.79. The first-order valence-electron chi connectivity index (χ1n) is 10.5. The fraction of sp³-hybridized carbons (Fsp3) is 0.500. The molecule has 0 amide bonds. The summed E-state index contributed by atoms with van der Waals surface area (Å²) in [7, 11) is 0. The van der Waals surface area contributed by atoms with Crippen molar-refractivity contribution in [3.05, 3.63) is 41.2 Å². The molecule has 0 fully saturated rings. The number of carbonyl (C=O) groups is 2. The highest BCUT2D eigenvalue weighted by Gasteiger charge is 2.27. The lowest BCUT2D eigenvalue weighted by Crippen LogP contribution is -2.17. The number of carboxylic acids is 1. The van der Waals surface area contributed by atoms with E-state index < -0.39 is 11.9 Å². The van der Waals surface area contributed by atoms with Crippen molar-refractivity contribution in [1.29, 1.82) is 0 Å². The lowest BCUT2D eigenvalue weighted by molar-refractivity contribution is -0.133. The molecule has 5 heteroatoms. The third-order valence-corrected chi connectivity index (χ3v) is 5.78. The second-order valence-electron chi connectivity index (χ2n) is 8.49. The highest BCUT2D eigenvalue weighted by Crippen LogP contribution is 2.42. The van der Waals surface area contributed by atoms with Crippen LogP contribution in [0.15, 0.2) is 28.7 Å². The van der Waals surface area contributed by atoms with Gasteiger partial charge >= 0.3 is 11.9 Å². The van der Waals surface area contributed by atoms with Gasteiger partial charge in [-0.15, -0.1) is 0 Å². The first-order valence-corrected chi connectivity index (χ1v) is 10.5. The topological polar surface area (TPSA) is 76.7 Å². The molecule has 1 N–H and O–H groups in total. The first kappa shape index (κ1) is 21.2. The summed E-state index contributed by atoms with van der Waals surface area (Å²) in [5, 5.41) is 9.62. The largest absolute Gasteiger partial charge is 0.478 e. The molecule has 1 aromatic carbocycles. The lowest BCUT2D eigenvalue weighted by Gasteiger charge is -2.26. The maximum absolute atomic E-state index is 12.2. The molecule has 0 aliphatic heterocycles. The smallest absolute Gasteiger partial charge is 0.336 e. The number of rotatable bonds is 8. The van der Waals surface area contributed by atoms with Gasteiger partial charge in [0.25, 0.3) is 0 Å². The molecule has 1 heterocycles. The van der Waals surface area contributed by atoms with E-state index in [1.54, 1.807) is 0 Å². The van der Waals surface area contributed by atoms with Crippen LogP contribution in [-0.4, -0.2) is 17.0 Å². The van der Waals surface area contributed by atoms with E-state index in [1.165, 1.54) is 12.8 Å². The van der Waals surface area contributed by atoms with Gasteiger partial charge in [0.15, 0.2) is 0 Å². The average molecular weight is 398 g/mol. The second-order valence-corrected chi connectivity index (χ2v) is 8.49. The summed E-state index contributed by atoms with van der Waals surface area (Å²) in [5.74, 6) is -0.433. The van der Waals surface area contributed by atoms with E-state index in [9.17, 15) is 9.59 Å². The molecule has 5 nitrogen and oxygen atoms in total. The number of carbonyl (C=O) groups excluding carboxylic acids is 1. The number of esters is 1. The molecule has 0 spiro atoms. The van der Waals surface area contributed by atoms with E-state index in [2.05, 4.69) is 26.8 Å². The van der Waals surface area contributed by atoms with Gasteiger partial charge < -0.3 is 14.3 Å². The number of hydrogen-bond donors (Lipinski definition) is 1. The third-order valence-electron chi connectivity index (χ3n) is 5.78. The fourth-order valence-corrected chi connectivity index (χ4v) is 4.07. The normalized spacial score (nSPS) is 14.3. The Morgan fingerprint density at radius 3 is 2.66 bits per heavy atom. The number of fused-ring (bicyclic) bond motifs is 3. The summed E-state index contributed by atoms with van der Waals surface area (Å²) in [6.07, 6.45) is 10.2. The van der Waals surface area contributed by atoms with E-state index in [0.717, 1.165) is 78.5 Å². The van der Waals surface area contributed by atoms with Crippen molar-refractivity contribution in [3.63, 3.8) is 0 Å². The van der Waals surface area contributed by atoms with Crippen molar-refractivity contribution in [3.8, 4) is 5.75 Å². The Morgan fingerprint density at radius 1 is 1.17 bits per heavy atom. The number of unbranched alkanes of at least 4 members (excludes halogenated alkanes) is 2. The van der Waals surface area contributed by atoms with Gasteiger partial charge in [-0.05, 0) is 48.8 Å². The molecule has 0 saturated carbocycles. The second kappa shape index (κ2) is 8.85. The molecule has 0 radical (unpaired) electrons. The Kier molecular flexibility index (Phi) is 6.46. The van der Waals surface area contributed by atoms with Crippen LogP contribution in [0.3, 0.4) is 0 Å². The van der Waals surface area contributed by atoms with Crippen LogP contribution in [0.5, 0.6) is 5.75 Å². The Hall–Kier alpha value is -2.56. The first-order chi connectivity index (χ1) is 13.8. The van der Waals surface area contributed by atoms with Crippen LogP contribution in [0.4, 0.5) is 0 Å². The average Bonchev–Trinajstić information content (AvgIpc) is 3.05. The van der Waals surface area contributed by atoms with Gasteiger partial charge in [-0.25, -0.2) is 9.59 Å². The molecular formula is C24H30O5. The molecule has 0 saturated heterocycles. The maximum atomic E-state index is 12.2. The van der Waals surface area contributed by atoms with E-state index in [-0.39, 0.29) is 5.41 Å². The summed E-state index contributed by atoms with van der Waals surface area (Å²) >= 11 is 0. The number of aliphatic carboxylic acids is 1. The number of benzene rings is 1. The molecule has 1 aliphatic carbocycles. The molecule has 29 heavy (non-hydrogen) atoms. The van der Waals surface area contributed by atoms with Crippen LogP contribution in [0.2, 0.25) is 0 Å². The van der Waals surface area contributed by atoms with Gasteiger partial charge in [-0.3, -0.25) is 0 Å². The monoisotopic (exact) mass is 398 g/mol. The van der Waals surface area contributed by atoms with Crippen LogP contribution in [-0.2, 0) is 27.8 Å². The predicted molar refractivity (Wildman–Crippen MR) is 112 cm³/mol. The minimum absolute atomic E-state index is 0.0886. The molecule has 0 atom stereocenters. The number of ether oxygens (including phenoxy) is 1. The van der Waals surface area contributed by atoms with Crippen molar-refractivity contribution in [2.45, 2.75) is 77.6 Å². The van der Waals surface area contributed by atoms with E-state index >= 15 is 0 Å². The highest BCUT2D eigenvalue weighted by atomic mass is 16.5. The summed E-state index contributed by atoms with van der Waals surface area (Å²) < 4.78 is 11.8. The Balaban J connectivity index is 2.04. The minimum Gasteiger partial charge on any atom is -0.478 e. The molecule has 0 bridgehead atoms. The van der Waals surface area contributed by atoms with Crippen molar-refractivity contribution in [2.24, 2.45) is 0 Å². The summed E-state index contributed by atoms with van der Waals surface area (Å²) in [6, 6.07) is 4.02. The highest BCUT2D eigenvalue weighted by molar-refractivity contribution is 5.96. The Morgan fingerprint density at radius 2 is 1.93 bits per heavy atom. The predicted octanol–water partition coefficient (Wildman–Crippen LogP) is 5.72. The number of furan rings is 1. The standard InChI is InChI=1S/C24H30O5/c1-4-5-8-13-24(2,3)16-14-19-23(17-9-6-7-10-18(17)28-19)20(15-16)29-22(27)12-11-21(25)26/h11-12,14-15H,4-10,13H2,1-3H3,(H,25,26)/b12-11+. The van der Waals surface area contributed by atoms with E-state index in [1.807, 2.05) is 6.07 Å². The fourth-order valence-electron chi connectivity index (χ4n) is 4.07. The summed E-state index contributed by atoms with van der Waals surface area (Å²) in [4.78, 5) is 22.9. The van der Waals surface area contributed by atoms with Gasteiger partial charge in [-0.2, -0.15) is 0 Å². The number of carboxylic acid groups (broad SMARTS) is 1. The Labute approximate surface area is 171 Å². The van der Waals surface area contributed by atoms with Crippen LogP contribution in [0, 0.1) is 0 Å². The quantitative estimate of drug-likeness (QED) is 0.266. The van der Waals surface area contributed by atoms with E-state index in [0.29, 0.717) is 5.75 Å². The van der Waals surface area contributed by atoms with Crippen LogP contribution in [0.25, 0.3) is 11.0 Å². The SMILES string of the molecule is CCCCCC(C)(C)c1cc(OC(=O)/C=C/C(=O)O)c2c3c(oc2c1)CCCC3. The zero-order valence-electron chi connectivity index (χ0n) is 17.5. The van der Waals surface area contributed by atoms with Crippen LogP contribution >= 0.6 is 0 Å². The third kappa shape index (κ3) is 4.89. The number of hydrogen-bond acceptors (Lipinski definition) is 4. The van der Waals surface area contributed by atoms with Gasteiger partial charge in [-0.1, -0.05) is 40.0 Å². The molecule has 3 rings (SSSR count). The molecule has 0 unspecified atom stereocenters. The zero-order valence-corrected chi connectivity index (χ0v) is 17.5. The number of aryl methyl sites for hydroxylation is 2. The molecule has 1 aromatic heterocycles. The van der Waals surface area contributed by atoms with Crippen molar-refractivity contribution >= 4 is 22.9 Å². The van der Waals surface area contributed by atoms with Crippen molar-refractivity contribution < 1.29 is 23.8 Å². The van der Waals surface area contributed by atoms with Crippen molar-refractivity contribution in [2.75, 3.05) is 0 Å². The van der Waals surface area contributed by atoms with Gasteiger partial charge in [0, 0.05) is 24.1 Å². The van der Waals surface area contributed by atoms with Gasteiger partial charge in [0.05, 0.1) is 5.39 Å². The van der Waals surface area contributed by atoms with Crippen LogP contribution < -0.4 is 4.74 Å². The minimum atomic E-state index is -1.18. The van der Waals surface area contributed by atoms with Gasteiger partial charge in [0.2, 0.25) is 0 Å². The molecular weight excluding hydrogens is 368 g/mol. The summed E-state index contributed by atoms with van der Waals surface area (Å²) in [6.45, 7) is 6.58. The van der Waals surface area contributed by atoms with Gasteiger partial charge in [0.1, 0.15) is 17.1 Å². The molecule has 1 aliphatic rings. The zero-order chi connectivity index (χ0) is 21.0.